The Kier molecular flexibility index (Phi) is 6.13. The van der Waals surface area contributed by atoms with Crippen LogP contribution in [0.2, 0.25) is 0 Å². The number of pyridine rings is 5. The van der Waals surface area contributed by atoms with Gasteiger partial charge in [0.05, 0.1) is 40.9 Å². The van der Waals surface area contributed by atoms with Crippen molar-refractivity contribution in [1.82, 2.24) is 24.9 Å². The summed E-state index contributed by atoms with van der Waals surface area (Å²) < 4.78 is 5.28. The first-order valence-electron chi connectivity index (χ1n) is 13.3. The highest BCUT2D eigenvalue weighted by atomic mass is 16.5. The predicted molar refractivity (Wildman–Crippen MR) is 163 cm³/mol. The number of methoxy groups -OCH3 is 1. The zero-order valence-corrected chi connectivity index (χ0v) is 22.6. The summed E-state index contributed by atoms with van der Waals surface area (Å²) in [5.74, 6) is 0.833. The van der Waals surface area contributed by atoms with Crippen LogP contribution in [0.5, 0.6) is 5.75 Å². The van der Waals surface area contributed by atoms with Crippen molar-refractivity contribution in [2.75, 3.05) is 7.11 Å². The van der Waals surface area contributed by atoms with Crippen LogP contribution < -0.4 is 4.74 Å². The van der Waals surface area contributed by atoms with Gasteiger partial charge in [0, 0.05) is 52.3 Å². The smallest absolute Gasteiger partial charge is 0.118 e. The topological polar surface area (TPSA) is 73.7 Å². The first-order chi connectivity index (χ1) is 20.1. The molecule has 0 unspecified atom stereocenters. The molecular weight excluding hydrogens is 506 g/mol. The van der Waals surface area contributed by atoms with Crippen molar-refractivity contribution in [2.24, 2.45) is 0 Å². The van der Waals surface area contributed by atoms with Crippen LogP contribution in [0.15, 0.2) is 116 Å². The normalized spacial score (nSPS) is 11.2. The number of fused-ring (bicyclic) bond motifs is 3. The van der Waals surface area contributed by atoms with E-state index < -0.39 is 0 Å². The summed E-state index contributed by atoms with van der Waals surface area (Å²) in [7, 11) is 1.67. The summed E-state index contributed by atoms with van der Waals surface area (Å²) in [6.07, 6.45) is 7.52. The molecule has 0 atom stereocenters. The fourth-order valence-electron chi connectivity index (χ4n) is 4.95. The van der Waals surface area contributed by atoms with Crippen LogP contribution in [0.4, 0.5) is 0 Å². The lowest BCUT2D eigenvalue weighted by Crippen LogP contribution is -1.93. The molecule has 6 heteroatoms. The third kappa shape index (κ3) is 4.76. The van der Waals surface area contributed by atoms with Gasteiger partial charge in [0.2, 0.25) is 0 Å². The van der Waals surface area contributed by atoms with Gasteiger partial charge in [0.25, 0.3) is 0 Å². The molecule has 5 heterocycles. The first kappa shape index (κ1) is 24.5. The number of benzene rings is 2. The van der Waals surface area contributed by atoms with Gasteiger partial charge in [-0.3, -0.25) is 19.9 Å². The number of aryl methyl sites for hydroxylation is 1. The maximum Gasteiger partial charge on any atom is 0.118 e. The summed E-state index contributed by atoms with van der Waals surface area (Å²) in [5, 5.41) is 2.08. The molecule has 0 spiro atoms. The van der Waals surface area contributed by atoms with Crippen molar-refractivity contribution in [1.29, 1.82) is 0 Å². The molecule has 0 radical (unpaired) electrons. The third-order valence-electron chi connectivity index (χ3n) is 7.21. The summed E-state index contributed by atoms with van der Waals surface area (Å²) in [6.45, 7) is 2.02. The van der Waals surface area contributed by atoms with Crippen molar-refractivity contribution >= 4 is 21.8 Å². The summed E-state index contributed by atoms with van der Waals surface area (Å²) in [6, 6.07) is 30.5. The van der Waals surface area contributed by atoms with E-state index in [0.29, 0.717) is 0 Å². The average Bonchev–Trinajstić information content (AvgIpc) is 3.04. The minimum absolute atomic E-state index is 0.805. The van der Waals surface area contributed by atoms with Crippen LogP contribution in [0.3, 0.4) is 0 Å². The van der Waals surface area contributed by atoms with Gasteiger partial charge in [0.1, 0.15) is 5.75 Å². The molecule has 0 saturated carbocycles. The van der Waals surface area contributed by atoms with E-state index in [9.17, 15) is 0 Å². The SMILES string of the molecule is COc1ccc(-c2cnc3c(ccc4cc(-c5ccc(-c6cccc(-c7ccc(C)cn7)n6)nc5)cnc43)c2)cc1. The second-order valence-electron chi connectivity index (χ2n) is 9.95. The van der Waals surface area contributed by atoms with Gasteiger partial charge in [-0.1, -0.05) is 42.5 Å². The predicted octanol–water partition coefficient (Wildman–Crippen LogP) is 7.95. The molecule has 7 aromatic rings. The number of hydrogen-bond donors (Lipinski definition) is 0. The van der Waals surface area contributed by atoms with E-state index in [1.54, 1.807) is 7.11 Å². The lowest BCUT2D eigenvalue weighted by molar-refractivity contribution is 0.415. The average molecular weight is 532 g/mol. The lowest BCUT2D eigenvalue weighted by Gasteiger charge is -2.09. The molecule has 0 aliphatic rings. The Morgan fingerprint density at radius 2 is 1.05 bits per heavy atom. The highest BCUT2D eigenvalue weighted by Crippen LogP contribution is 2.30. The number of hydrogen-bond acceptors (Lipinski definition) is 6. The Hall–Kier alpha value is -5.49. The first-order valence-corrected chi connectivity index (χ1v) is 13.3. The second kappa shape index (κ2) is 10.2. The molecule has 0 aliphatic heterocycles. The molecule has 196 valence electrons. The zero-order valence-electron chi connectivity index (χ0n) is 22.6. The molecule has 6 nitrogen and oxygen atoms in total. The molecule has 5 aromatic heterocycles. The van der Waals surface area contributed by atoms with E-state index in [1.165, 1.54) is 0 Å². The van der Waals surface area contributed by atoms with Crippen molar-refractivity contribution < 1.29 is 4.74 Å². The van der Waals surface area contributed by atoms with E-state index in [0.717, 1.165) is 78.1 Å². The lowest BCUT2D eigenvalue weighted by atomic mass is 10.0. The minimum Gasteiger partial charge on any atom is -0.497 e. The molecule has 0 fully saturated rings. The Morgan fingerprint density at radius 3 is 1.61 bits per heavy atom. The molecule has 0 aliphatic carbocycles. The molecule has 0 amide bonds. The fourth-order valence-corrected chi connectivity index (χ4v) is 4.95. The van der Waals surface area contributed by atoms with Crippen LogP contribution in [0, 0.1) is 6.92 Å². The van der Waals surface area contributed by atoms with Crippen molar-refractivity contribution in [2.45, 2.75) is 6.92 Å². The Morgan fingerprint density at radius 1 is 0.488 bits per heavy atom. The van der Waals surface area contributed by atoms with Gasteiger partial charge in [-0.25, -0.2) is 4.98 Å². The Bertz CT molecular complexity index is 2020. The number of ether oxygens (including phenoxy) is 1. The quantitative estimate of drug-likeness (QED) is 0.210. The van der Waals surface area contributed by atoms with Crippen molar-refractivity contribution in [3.05, 3.63) is 121 Å². The Balaban J connectivity index is 1.17. The maximum atomic E-state index is 5.28. The molecule has 2 aromatic carbocycles. The van der Waals surface area contributed by atoms with Crippen molar-refractivity contribution in [3.8, 4) is 50.8 Å². The van der Waals surface area contributed by atoms with E-state index in [1.807, 2.05) is 92.4 Å². The highest BCUT2D eigenvalue weighted by Gasteiger charge is 2.10. The van der Waals surface area contributed by atoms with E-state index in [2.05, 4.69) is 35.3 Å². The van der Waals surface area contributed by atoms with Crippen LogP contribution in [-0.2, 0) is 0 Å². The van der Waals surface area contributed by atoms with Crippen LogP contribution in [0.1, 0.15) is 5.56 Å². The van der Waals surface area contributed by atoms with Gasteiger partial charge in [-0.15, -0.1) is 0 Å². The molecular formula is C35H25N5O. The number of aromatic nitrogens is 5. The molecule has 41 heavy (non-hydrogen) atoms. The Labute approximate surface area is 237 Å². The van der Waals surface area contributed by atoms with Crippen molar-refractivity contribution in [3.63, 3.8) is 0 Å². The number of rotatable bonds is 5. The monoisotopic (exact) mass is 531 g/mol. The van der Waals surface area contributed by atoms with Gasteiger partial charge >= 0.3 is 0 Å². The van der Waals surface area contributed by atoms with Gasteiger partial charge < -0.3 is 4.74 Å². The standard InChI is InChI=1S/C35H25N5O/c1-22-6-14-30(36-18-22)32-4-3-5-33(40-32)31-15-11-26(19-37-31)28-17-25-8-7-24-16-27(20-38-34(24)35(25)39-21-28)23-9-12-29(41-2)13-10-23/h3-21H,1-2H3. The van der Waals surface area contributed by atoms with Crippen LogP contribution in [0.25, 0.3) is 66.8 Å². The van der Waals surface area contributed by atoms with E-state index >= 15 is 0 Å². The van der Waals surface area contributed by atoms with E-state index in [-0.39, 0.29) is 0 Å². The van der Waals surface area contributed by atoms with Crippen LogP contribution >= 0.6 is 0 Å². The maximum absolute atomic E-state index is 5.28. The summed E-state index contributed by atoms with van der Waals surface area (Å²) in [5.41, 5.74) is 10.3. The zero-order chi connectivity index (χ0) is 27.8. The third-order valence-corrected chi connectivity index (χ3v) is 7.21. The molecule has 0 bridgehead atoms. The van der Waals surface area contributed by atoms with Gasteiger partial charge in [0.15, 0.2) is 0 Å². The van der Waals surface area contributed by atoms with E-state index in [4.69, 9.17) is 24.7 Å². The summed E-state index contributed by atoms with van der Waals surface area (Å²) >= 11 is 0. The second-order valence-corrected chi connectivity index (χ2v) is 9.95. The highest BCUT2D eigenvalue weighted by molar-refractivity contribution is 6.04. The number of nitrogens with zero attached hydrogens (tertiary/aromatic N) is 5. The summed E-state index contributed by atoms with van der Waals surface area (Å²) in [4.78, 5) is 23.6. The molecule has 0 N–H and O–H groups in total. The molecule has 7 rings (SSSR count). The van der Waals surface area contributed by atoms with Crippen LogP contribution in [-0.4, -0.2) is 32.0 Å². The largest absolute Gasteiger partial charge is 0.497 e. The minimum atomic E-state index is 0.805. The fraction of sp³-hybridized carbons (Fsp3) is 0.0571. The van der Waals surface area contributed by atoms with Gasteiger partial charge in [-0.2, -0.15) is 0 Å². The van der Waals surface area contributed by atoms with Gasteiger partial charge in [-0.05, 0) is 66.6 Å². The molecule has 0 saturated heterocycles.